The second-order valence-electron chi connectivity index (χ2n) is 8.01. The topological polar surface area (TPSA) is 82.8 Å². The summed E-state index contributed by atoms with van der Waals surface area (Å²) in [6.07, 6.45) is 5.44. The normalized spacial score (nSPS) is 17.2. The summed E-state index contributed by atoms with van der Waals surface area (Å²) in [6, 6.07) is 10.2. The average molecular weight is 419 g/mol. The second kappa shape index (κ2) is 8.37. The van der Waals surface area contributed by atoms with Crippen LogP contribution >= 0.6 is 0 Å². The SMILES string of the molecule is O=C(c1cc(=O)c2ccccc2o1)N1CCN(c2ccnc(N3CCCCC3)n2)CC1. The number of hydrogen-bond acceptors (Lipinski definition) is 7. The fourth-order valence-electron chi connectivity index (χ4n) is 4.27. The molecule has 1 aromatic carbocycles. The smallest absolute Gasteiger partial charge is 0.289 e. The molecule has 5 rings (SSSR count). The minimum Gasteiger partial charge on any atom is -0.451 e. The van der Waals surface area contributed by atoms with Crippen molar-refractivity contribution in [3.05, 3.63) is 58.6 Å². The van der Waals surface area contributed by atoms with Crippen LogP contribution in [0.2, 0.25) is 0 Å². The maximum Gasteiger partial charge on any atom is 0.289 e. The number of carbonyl (C=O) groups is 1. The number of benzene rings is 1. The quantitative estimate of drug-likeness (QED) is 0.645. The van der Waals surface area contributed by atoms with E-state index in [2.05, 4.69) is 14.8 Å². The Balaban J connectivity index is 1.27. The van der Waals surface area contributed by atoms with Crippen LogP contribution in [0.3, 0.4) is 0 Å². The van der Waals surface area contributed by atoms with E-state index < -0.39 is 0 Å². The molecule has 0 aliphatic carbocycles. The van der Waals surface area contributed by atoms with Gasteiger partial charge in [-0.05, 0) is 37.5 Å². The predicted octanol–water partition coefficient (Wildman–Crippen LogP) is 2.54. The second-order valence-corrected chi connectivity index (χ2v) is 8.01. The summed E-state index contributed by atoms with van der Waals surface area (Å²) in [5.74, 6) is 1.51. The van der Waals surface area contributed by atoms with Gasteiger partial charge in [0.15, 0.2) is 11.2 Å². The molecule has 0 radical (unpaired) electrons. The van der Waals surface area contributed by atoms with Crippen molar-refractivity contribution >= 4 is 28.6 Å². The summed E-state index contributed by atoms with van der Waals surface area (Å²) in [5, 5.41) is 0.483. The van der Waals surface area contributed by atoms with Crippen LogP contribution in [0, 0.1) is 0 Å². The van der Waals surface area contributed by atoms with E-state index >= 15 is 0 Å². The largest absolute Gasteiger partial charge is 0.451 e. The van der Waals surface area contributed by atoms with Crippen LogP contribution in [0.5, 0.6) is 0 Å². The first-order chi connectivity index (χ1) is 15.2. The molecule has 0 bridgehead atoms. The van der Waals surface area contributed by atoms with E-state index in [0.29, 0.717) is 37.1 Å². The molecular formula is C23H25N5O3. The van der Waals surface area contributed by atoms with Gasteiger partial charge in [-0.3, -0.25) is 9.59 Å². The van der Waals surface area contributed by atoms with E-state index in [1.54, 1.807) is 29.2 Å². The number of anilines is 2. The van der Waals surface area contributed by atoms with Gasteiger partial charge in [-0.25, -0.2) is 4.98 Å². The third kappa shape index (κ3) is 3.97. The zero-order chi connectivity index (χ0) is 21.2. The number of carbonyl (C=O) groups excluding carboxylic acids is 1. The van der Waals surface area contributed by atoms with Gasteiger partial charge in [-0.2, -0.15) is 4.98 Å². The Hall–Kier alpha value is -3.42. The Morgan fingerprint density at radius 2 is 1.68 bits per heavy atom. The number of piperazine rings is 1. The van der Waals surface area contributed by atoms with Crippen LogP contribution < -0.4 is 15.2 Å². The lowest BCUT2D eigenvalue weighted by atomic mass is 10.1. The summed E-state index contributed by atoms with van der Waals surface area (Å²) in [6.45, 7) is 4.42. The Morgan fingerprint density at radius 1 is 0.903 bits per heavy atom. The number of hydrogen-bond donors (Lipinski definition) is 0. The van der Waals surface area contributed by atoms with Crippen LogP contribution in [-0.2, 0) is 0 Å². The fraction of sp³-hybridized carbons (Fsp3) is 0.391. The lowest BCUT2D eigenvalue weighted by Crippen LogP contribution is -2.49. The van der Waals surface area contributed by atoms with E-state index in [9.17, 15) is 9.59 Å². The van der Waals surface area contributed by atoms with Gasteiger partial charge in [0.1, 0.15) is 11.4 Å². The average Bonchev–Trinajstić information content (AvgIpc) is 2.84. The molecule has 8 heteroatoms. The highest BCUT2D eigenvalue weighted by Gasteiger charge is 2.25. The van der Waals surface area contributed by atoms with Gasteiger partial charge in [0, 0.05) is 51.5 Å². The molecule has 2 aromatic heterocycles. The van der Waals surface area contributed by atoms with Crippen LogP contribution in [0.15, 0.2) is 51.8 Å². The number of amides is 1. The molecule has 1 amide bonds. The van der Waals surface area contributed by atoms with Gasteiger partial charge in [-0.1, -0.05) is 12.1 Å². The highest BCUT2D eigenvalue weighted by atomic mass is 16.3. The maximum absolute atomic E-state index is 12.9. The van der Waals surface area contributed by atoms with Crippen molar-refractivity contribution in [2.24, 2.45) is 0 Å². The number of nitrogens with zero attached hydrogens (tertiary/aromatic N) is 5. The lowest BCUT2D eigenvalue weighted by Gasteiger charge is -2.35. The van der Waals surface area contributed by atoms with Gasteiger partial charge in [0.25, 0.3) is 5.91 Å². The van der Waals surface area contributed by atoms with Gasteiger partial charge >= 0.3 is 0 Å². The van der Waals surface area contributed by atoms with Crippen LogP contribution in [0.25, 0.3) is 11.0 Å². The molecule has 2 aliphatic heterocycles. The van der Waals surface area contributed by atoms with Gasteiger partial charge in [-0.15, -0.1) is 0 Å². The number of aromatic nitrogens is 2. The van der Waals surface area contributed by atoms with E-state index in [1.807, 2.05) is 12.3 Å². The van der Waals surface area contributed by atoms with Crippen molar-refractivity contribution < 1.29 is 9.21 Å². The van der Waals surface area contributed by atoms with Crippen molar-refractivity contribution in [1.29, 1.82) is 0 Å². The Labute approximate surface area is 180 Å². The molecule has 8 nitrogen and oxygen atoms in total. The summed E-state index contributed by atoms with van der Waals surface area (Å²) in [4.78, 5) is 40.7. The number of para-hydroxylation sites is 1. The van der Waals surface area contributed by atoms with Crippen molar-refractivity contribution in [2.75, 3.05) is 49.1 Å². The van der Waals surface area contributed by atoms with Crippen molar-refractivity contribution in [2.45, 2.75) is 19.3 Å². The van der Waals surface area contributed by atoms with Gasteiger partial charge in [0.05, 0.1) is 5.39 Å². The molecule has 2 saturated heterocycles. The molecular weight excluding hydrogens is 394 g/mol. The lowest BCUT2D eigenvalue weighted by molar-refractivity contribution is 0.0715. The summed E-state index contributed by atoms with van der Waals surface area (Å²) in [5.41, 5.74) is 0.235. The molecule has 2 fully saturated rings. The molecule has 160 valence electrons. The van der Waals surface area contributed by atoms with E-state index in [1.165, 1.54) is 25.3 Å². The zero-order valence-corrected chi connectivity index (χ0v) is 17.4. The van der Waals surface area contributed by atoms with Gasteiger partial charge < -0.3 is 19.1 Å². The number of fused-ring (bicyclic) bond motifs is 1. The minimum atomic E-state index is -0.251. The third-order valence-electron chi connectivity index (χ3n) is 6.00. The summed E-state index contributed by atoms with van der Waals surface area (Å²) >= 11 is 0. The molecule has 0 spiro atoms. The number of rotatable bonds is 3. The van der Waals surface area contributed by atoms with Crippen LogP contribution in [0.1, 0.15) is 29.8 Å². The molecule has 4 heterocycles. The Bertz CT molecular complexity index is 1150. The molecule has 0 N–H and O–H groups in total. The van der Waals surface area contributed by atoms with Crippen LogP contribution in [-0.4, -0.2) is 60.0 Å². The fourth-order valence-corrected chi connectivity index (χ4v) is 4.27. The molecule has 0 atom stereocenters. The standard InChI is InChI=1S/C23H25N5O3/c29-18-16-20(31-19-7-3-2-6-17(18)19)22(30)27-14-12-26(13-15-27)21-8-9-24-23(25-21)28-10-4-1-5-11-28/h2-3,6-9,16H,1,4-5,10-15H2. The van der Waals surface area contributed by atoms with E-state index in [-0.39, 0.29) is 17.1 Å². The predicted molar refractivity (Wildman–Crippen MR) is 119 cm³/mol. The molecule has 0 saturated carbocycles. The molecule has 0 unspecified atom stereocenters. The molecule has 3 aromatic rings. The molecule has 31 heavy (non-hydrogen) atoms. The third-order valence-corrected chi connectivity index (χ3v) is 6.00. The highest BCUT2D eigenvalue weighted by Crippen LogP contribution is 2.21. The first kappa shape index (κ1) is 19.5. The zero-order valence-electron chi connectivity index (χ0n) is 17.4. The monoisotopic (exact) mass is 419 g/mol. The van der Waals surface area contributed by atoms with E-state index in [4.69, 9.17) is 9.40 Å². The Morgan fingerprint density at radius 3 is 2.48 bits per heavy atom. The highest BCUT2D eigenvalue weighted by molar-refractivity contribution is 5.93. The van der Waals surface area contributed by atoms with Gasteiger partial charge in [0.2, 0.25) is 5.95 Å². The van der Waals surface area contributed by atoms with Crippen molar-refractivity contribution in [1.82, 2.24) is 14.9 Å². The maximum atomic E-state index is 12.9. The first-order valence-corrected chi connectivity index (χ1v) is 10.8. The summed E-state index contributed by atoms with van der Waals surface area (Å²) < 4.78 is 5.72. The van der Waals surface area contributed by atoms with E-state index in [0.717, 1.165) is 24.9 Å². The molecule has 2 aliphatic rings. The summed E-state index contributed by atoms with van der Waals surface area (Å²) in [7, 11) is 0. The van der Waals surface area contributed by atoms with Crippen LogP contribution in [0.4, 0.5) is 11.8 Å². The first-order valence-electron chi connectivity index (χ1n) is 10.8. The van der Waals surface area contributed by atoms with Crippen molar-refractivity contribution in [3.63, 3.8) is 0 Å². The Kier molecular flexibility index (Phi) is 5.28. The minimum absolute atomic E-state index is 0.0894. The number of piperidine rings is 1. The van der Waals surface area contributed by atoms with Crippen molar-refractivity contribution in [3.8, 4) is 0 Å².